The molecule has 0 N–H and O–H groups in total. The molecule has 0 radical (unpaired) electrons. The van der Waals surface area contributed by atoms with Crippen molar-refractivity contribution >= 4 is 40.3 Å². The fourth-order valence-electron chi connectivity index (χ4n) is 1.39. The summed E-state index contributed by atoms with van der Waals surface area (Å²) in [6, 6.07) is 7.05. The quantitative estimate of drug-likeness (QED) is 0.752. The number of thiophene rings is 1. The van der Waals surface area contributed by atoms with Crippen LogP contribution in [0.1, 0.15) is 15.9 Å². The summed E-state index contributed by atoms with van der Waals surface area (Å²) in [6.07, 6.45) is 0.245. The van der Waals surface area contributed by atoms with E-state index in [1.807, 2.05) is 10.8 Å². The van der Waals surface area contributed by atoms with Gasteiger partial charge in [-0.3, -0.25) is 4.79 Å². The molecule has 0 amide bonds. The summed E-state index contributed by atoms with van der Waals surface area (Å²) in [6.45, 7) is 0. The van der Waals surface area contributed by atoms with Gasteiger partial charge in [0, 0.05) is 27.4 Å². The summed E-state index contributed by atoms with van der Waals surface area (Å²) in [5, 5.41) is 4.78. The maximum Gasteiger partial charge on any atom is 0.168 e. The molecule has 0 bridgehead atoms. The standard InChI is InChI=1S/C12H8Cl2OS/c13-10-2-1-3-11(14)9(10)6-12(15)8-4-5-16-7-8/h1-5,7H,6H2. The van der Waals surface area contributed by atoms with Gasteiger partial charge >= 0.3 is 0 Å². The van der Waals surface area contributed by atoms with Crippen LogP contribution in [0.25, 0.3) is 0 Å². The number of Topliss-reactive ketones (excluding diaryl/α,β-unsaturated/α-hetero) is 1. The molecule has 0 aliphatic rings. The van der Waals surface area contributed by atoms with Crippen molar-refractivity contribution in [3.63, 3.8) is 0 Å². The third-order valence-corrected chi connectivity index (χ3v) is 3.63. The Labute approximate surface area is 108 Å². The lowest BCUT2D eigenvalue weighted by molar-refractivity contribution is 0.0993. The van der Waals surface area contributed by atoms with Crippen molar-refractivity contribution in [2.45, 2.75) is 6.42 Å². The van der Waals surface area contributed by atoms with E-state index in [9.17, 15) is 4.79 Å². The van der Waals surface area contributed by atoms with E-state index in [2.05, 4.69) is 0 Å². The molecule has 0 aliphatic heterocycles. The van der Waals surface area contributed by atoms with Crippen LogP contribution in [-0.4, -0.2) is 5.78 Å². The number of hydrogen-bond acceptors (Lipinski definition) is 2. The van der Waals surface area contributed by atoms with Crippen LogP contribution in [0.3, 0.4) is 0 Å². The van der Waals surface area contributed by atoms with Crippen LogP contribution in [0.15, 0.2) is 35.0 Å². The van der Waals surface area contributed by atoms with Crippen LogP contribution >= 0.6 is 34.5 Å². The first-order valence-electron chi connectivity index (χ1n) is 4.67. The molecule has 2 rings (SSSR count). The van der Waals surface area contributed by atoms with Crippen LogP contribution in [0.5, 0.6) is 0 Å². The van der Waals surface area contributed by atoms with Gasteiger partial charge in [-0.25, -0.2) is 0 Å². The maximum absolute atomic E-state index is 11.9. The summed E-state index contributed by atoms with van der Waals surface area (Å²) in [7, 11) is 0. The molecule has 2 aromatic rings. The summed E-state index contributed by atoms with van der Waals surface area (Å²) >= 11 is 13.5. The molecule has 1 aromatic heterocycles. The van der Waals surface area contributed by atoms with Crippen LogP contribution in [-0.2, 0) is 6.42 Å². The number of benzene rings is 1. The van der Waals surface area contributed by atoms with Crippen LogP contribution < -0.4 is 0 Å². The summed E-state index contributed by atoms with van der Waals surface area (Å²) in [4.78, 5) is 11.9. The first-order valence-corrected chi connectivity index (χ1v) is 6.36. The normalized spacial score (nSPS) is 10.4. The second-order valence-corrected chi connectivity index (χ2v) is 4.91. The lowest BCUT2D eigenvalue weighted by Gasteiger charge is -2.04. The van der Waals surface area contributed by atoms with E-state index >= 15 is 0 Å². The second-order valence-electron chi connectivity index (χ2n) is 3.31. The molecule has 1 heterocycles. The Hall–Kier alpha value is -0.830. The first kappa shape index (κ1) is 11.6. The number of rotatable bonds is 3. The van der Waals surface area contributed by atoms with Gasteiger partial charge in [0.1, 0.15) is 0 Å². The molecular weight excluding hydrogens is 263 g/mol. The highest BCUT2D eigenvalue weighted by Crippen LogP contribution is 2.25. The van der Waals surface area contributed by atoms with Gasteiger partial charge < -0.3 is 0 Å². The van der Waals surface area contributed by atoms with Gasteiger partial charge in [-0.2, -0.15) is 11.3 Å². The van der Waals surface area contributed by atoms with Crippen molar-refractivity contribution < 1.29 is 4.79 Å². The van der Waals surface area contributed by atoms with Crippen molar-refractivity contribution in [2.75, 3.05) is 0 Å². The van der Waals surface area contributed by atoms with E-state index in [0.29, 0.717) is 21.2 Å². The van der Waals surface area contributed by atoms with Crippen LogP contribution in [0.2, 0.25) is 10.0 Å². The molecule has 0 atom stereocenters. The number of hydrogen-bond donors (Lipinski definition) is 0. The van der Waals surface area contributed by atoms with Gasteiger partial charge in [0.05, 0.1) is 0 Å². The molecular formula is C12H8Cl2OS. The number of halogens is 2. The molecule has 4 heteroatoms. The third-order valence-electron chi connectivity index (χ3n) is 2.24. The van der Waals surface area contributed by atoms with E-state index in [4.69, 9.17) is 23.2 Å². The minimum Gasteiger partial charge on any atom is -0.294 e. The van der Waals surface area contributed by atoms with E-state index in [1.165, 1.54) is 11.3 Å². The molecule has 1 aromatic carbocycles. The Kier molecular flexibility index (Phi) is 3.64. The van der Waals surface area contributed by atoms with Crippen LogP contribution in [0, 0.1) is 0 Å². The van der Waals surface area contributed by atoms with Crippen LogP contribution in [0.4, 0.5) is 0 Å². The summed E-state index contributed by atoms with van der Waals surface area (Å²) in [5.41, 5.74) is 1.41. The average Bonchev–Trinajstić information content (AvgIpc) is 2.76. The van der Waals surface area contributed by atoms with Gasteiger partial charge in [-0.05, 0) is 29.1 Å². The smallest absolute Gasteiger partial charge is 0.168 e. The second kappa shape index (κ2) is 5.00. The summed E-state index contributed by atoms with van der Waals surface area (Å²) in [5.74, 6) is 0.0382. The van der Waals surface area contributed by atoms with Crippen molar-refractivity contribution in [3.05, 3.63) is 56.2 Å². The Balaban J connectivity index is 2.25. The summed E-state index contributed by atoms with van der Waals surface area (Å²) < 4.78 is 0. The largest absolute Gasteiger partial charge is 0.294 e. The Morgan fingerprint density at radius 3 is 2.44 bits per heavy atom. The van der Waals surface area contributed by atoms with Crippen molar-refractivity contribution in [3.8, 4) is 0 Å². The molecule has 0 fully saturated rings. The van der Waals surface area contributed by atoms with Crippen molar-refractivity contribution in [1.29, 1.82) is 0 Å². The average molecular weight is 271 g/mol. The van der Waals surface area contributed by atoms with Gasteiger partial charge in [-0.1, -0.05) is 29.3 Å². The molecule has 0 unspecified atom stereocenters. The number of carbonyl (C=O) groups excluding carboxylic acids is 1. The molecule has 16 heavy (non-hydrogen) atoms. The van der Waals surface area contributed by atoms with Gasteiger partial charge in [0.2, 0.25) is 0 Å². The van der Waals surface area contributed by atoms with E-state index in [-0.39, 0.29) is 12.2 Å². The minimum absolute atomic E-state index is 0.0382. The fraction of sp³-hybridized carbons (Fsp3) is 0.0833. The van der Waals surface area contributed by atoms with Gasteiger partial charge in [0.25, 0.3) is 0 Å². The lowest BCUT2D eigenvalue weighted by Crippen LogP contribution is -2.03. The zero-order valence-electron chi connectivity index (χ0n) is 8.24. The van der Waals surface area contributed by atoms with Gasteiger partial charge in [-0.15, -0.1) is 0 Å². The SMILES string of the molecule is O=C(Cc1c(Cl)cccc1Cl)c1ccsc1. The Morgan fingerprint density at radius 2 is 1.88 bits per heavy atom. The topological polar surface area (TPSA) is 17.1 Å². The predicted molar refractivity (Wildman–Crippen MR) is 68.8 cm³/mol. The van der Waals surface area contributed by atoms with E-state index < -0.39 is 0 Å². The Morgan fingerprint density at radius 1 is 1.19 bits per heavy atom. The molecule has 0 saturated heterocycles. The zero-order valence-corrected chi connectivity index (χ0v) is 10.6. The minimum atomic E-state index is 0.0382. The number of ketones is 1. The molecule has 1 nitrogen and oxygen atoms in total. The molecule has 0 aliphatic carbocycles. The maximum atomic E-state index is 11.9. The monoisotopic (exact) mass is 270 g/mol. The fourth-order valence-corrected chi connectivity index (χ4v) is 2.58. The predicted octanol–water partition coefficient (Wildman–Crippen LogP) is 4.48. The highest BCUT2D eigenvalue weighted by atomic mass is 35.5. The van der Waals surface area contributed by atoms with E-state index in [0.717, 1.165) is 0 Å². The highest BCUT2D eigenvalue weighted by Gasteiger charge is 2.12. The third kappa shape index (κ3) is 2.46. The Bertz CT molecular complexity index is 485. The highest BCUT2D eigenvalue weighted by molar-refractivity contribution is 7.08. The molecule has 0 spiro atoms. The van der Waals surface area contributed by atoms with Crippen molar-refractivity contribution in [1.82, 2.24) is 0 Å². The number of carbonyl (C=O) groups is 1. The molecule has 0 saturated carbocycles. The van der Waals surface area contributed by atoms with Gasteiger partial charge in [0.15, 0.2) is 5.78 Å². The first-order chi connectivity index (χ1) is 7.68. The van der Waals surface area contributed by atoms with Crippen molar-refractivity contribution in [2.24, 2.45) is 0 Å². The molecule has 82 valence electrons. The van der Waals surface area contributed by atoms with E-state index in [1.54, 1.807) is 24.3 Å². The zero-order chi connectivity index (χ0) is 11.5. The lowest BCUT2D eigenvalue weighted by atomic mass is 10.1.